The first-order valence-corrected chi connectivity index (χ1v) is 6.18. The second-order valence-corrected chi connectivity index (χ2v) is 4.13. The summed E-state index contributed by atoms with van der Waals surface area (Å²) in [7, 11) is 0. The molecule has 0 bridgehead atoms. The highest BCUT2D eigenvalue weighted by molar-refractivity contribution is 5.76. The normalized spacial score (nSPS) is 12.5. The minimum absolute atomic E-state index is 0.0405. The average Bonchev–Trinajstić information content (AvgIpc) is 2.17. The Morgan fingerprint density at radius 3 is 2.07 bits per heavy atom. The SMILES string of the molecule is CCCC(N)CC(=O)N(CCC)CCC. The summed E-state index contributed by atoms with van der Waals surface area (Å²) in [5.74, 6) is 0.222. The molecule has 0 heterocycles. The van der Waals surface area contributed by atoms with Crippen molar-refractivity contribution in [1.29, 1.82) is 0 Å². The maximum absolute atomic E-state index is 11.9. The number of nitrogens with zero attached hydrogens (tertiary/aromatic N) is 1. The summed E-state index contributed by atoms with van der Waals surface area (Å²) in [6.07, 6.45) is 4.55. The van der Waals surface area contributed by atoms with Gasteiger partial charge in [-0.3, -0.25) is 4.79 Å². The Bertz CT molecular complexity index is 165. The highest BCUT2D eigenvalue weighted by atomic mass is 16.2. The average molecular weight is 214 g/mol. The van der Waals surface area contributed by atoms with Gasteiger partial charge in [-0.05, 0) is 19.3 Å². The molecule has 0 rings (SSSR count). The third-order valence-electron chi connectivity index (χ3n) is 2.44. The van der Waals surface area contributed by atoms with Crippen LogP contribution in [0.25, 0.3) is 0 Å². The van der Waals surface area contributed by atoms with Gasteiger partial charge in [0, 0.05) is 25.6 Å². The Kier molecular flexibility index (Phi) is 8.38. The molecule has 1 unspecified atom stereocenters. The monoisotopic (exact) mass is 214 g/mol. The van der Waals surface area contributed by atoms with Crippen molar-refractivity contribution < 1.29 is 4.79 Å². The van der Waals surface area contributed by atoms with Gasteiger partial charge in [0.15, 0.2) is 0 Å². The number of hydrogen-bond donors (Lipinski definition) is 1. The van der Waals surface area contributed by atoms with Gasteiger partial charge in [0.1, 0.15) is 0 Å². The molecular formula is C12H26N2O. The summed E-state index contributed by atoms with van der Waals surface area (Å²) in [6, 6.07) is 0.0405. The van der Waals surface area contributed by atoms with E-state index in [1.54, 1.807) is 0 Å². The first-order chi connectivity index (χ1) is 7.15. The molecule has 0 spiro atoms. The fourth-order valence-electron chi connectivity index (χ4n) is 1.73. The highest BCUT2D eigenvalue weighted by Gasteiger charge is 2.14. The zero-order valence-corrected chi connectivity index (χ0v) is 10.5. The van der Waals surface area contributed by atoms with Crippen LogP contribution in [0.4, 0.5) is 0 Å². The van der Waals surface area contributed by atoms with Crippen LogP contribution in [-0.2, 0) is 4.79 Å². The third kappa shape index (κ3) is 6.50. The van der Waals surface area contributed by atoms with Gasteiger partial charge in [0.25, 0.3) is 0 Å². The fraction of sp³-hybridized carbons (Fsp3) is 0.917. The van der Waals surface area contributed by atoms with Crippen LogP contribution >= 0.6 is 0 Å². The van der Waals surface area contributed by atoms with Crippen LogP contribution in [0.5, 0.6) is 0 Å². The molecule has 0 aromatic heterocycles. The molecule has 0 aliphatic rings. The molecule has 0 saturated heterocycles. The van der Waals surface area contributed by atoms with Crippen LogP contribution in [0.3, 0.4) is 0 Å². The molecule has 1 amide bonds. The Hall–Kier alpha value is -0.570. The topological polar surface area (TPSA) is 46.3 Å². The quantitative estimate of drug-likeness (QED) is 0.673. The summed E-state index contributed by atoms with van der Waals surface area (Å²) < 4.78 is 0. The Balaban J connectivity index is 4.00. The van der Waals surface area contributed by atoms with Crippen LogP contribution in [0, 0.1) is 0 Å². The molecule has 0 aromatic carbocycles. The van der Waals surface area contributed by atoms with Gasteiger partial charge in [0.05, 0.1) is 0 Å². The van der Waals surface area contributed by atoms with Crippen molar-refractivity contribution in [3.63, 3.8) is 0 Å². The lowest BCUT2D eigenvalue weighted by molar-refractivity contribution is -0.131. The van der Waals surface area contributed by atoms with Crippen LogP contribution in [0.1, 0.15) is 52.9 Å². The van der Waals surface area contributed by atoms with E-state index in [4.69, 9.17) is 5.73 Å². The molecule has 3 nitrogen and oxygen atoms in total. The van der Waals surface area contributed by atoms with Gasteiger partial charge in [0.2, 0.25) is 5.91 Å². The highest BCUT2D eigenvalue weighted by Crippen LogP contribution is 2.04. The number of rotatable bonds is 8. The third-order valence-corrected chi connectivity index (χ3v) is 2.44. The second-order valence-electron chi connectivity index (χ2n) is 4.13. The maximum Gasteiger partial charge on any atom is 0.224 e. The van der Waals surface area contributed by atoms with E-state index in [0.717, 1.165) is 38.8 Å². The molecular weight excluding hydrogens is 188 g/mol. The molecule has 0 saturated carbocycles. The lowest BCUT2D eigenvalue weighted by Crippen LogP contribution is -2.36. The summed E-state index contributed by atoms with van der Waals surface area (Å²) >= 11 is 0. The van der Waals surface area contributed by atoms with E-state index in [1.165, 1.54) is 0 Å². The first kappa shape index (κ1) is 14.4. The Labute approximate surface area is 94.0 Å². The molecule has 3 heteroatoms. The number of carbonyl (C=O) groups excluding carboxylic acids is 1. The van der Waals surface area contributed by atoms with E-state index in [1.807, 2.05) is 4.90 Å². The van der Waals surface area contributed by atoms with Crippen LogP contribution in [0.15, 0.2) is 0 Å². The smallest absolute Gasteiger partial charge is 0.224 e. The van der Waals surface area contributed by atoms with E-state index in [2.05, 4.69) is 20.8 Å². The zero-order chi connectivity index (χ0) is 11.7. The summed E-state index contributed by atoms with van der Waals surface area (Å²) in [5.41, 5.74) is 5.87. The van der Waals surface area contributed by atoms with Crippen molar-refractivity contribution in [1.82, 2.24) is 4.90 Å². The fourth-order valence-corrected chi connectivity index (χ4v) is 1.73. The van der Waals surface area contributed by atoms with Crippen LogP contribution in [0.2, 0.25) is 0 Å². The van der Waals surface area contributed by atoms with Gasteiger partial charge in [-0.15, -0.1) is 0 Å². The number of hydrogen-bond acceptors (Lipinski definition) is 2. The summed E-state index contributed by atoms with van der Waals surface area (Å²) in [4.78, 5) is 13.8. The van der Waals surface area contributed by atoms with Crippen molar-refractivity contribution in [2.75, 3.05) is 13.1 Å². The minimum Gasteiger partial charge on any atom is -0.343 e. The van der Waals surface area contributed by atoms with Crippen molar-refractivity contribution in [2.24, 2.45) is 5.73 Å². The van der Waals surface area contributed by atoms with Crippen molar-refractivity contribution >= 4 is 5.91 Å². The first-order valence-electron chi connectivity index (χ1n) is 6.18. The second kappa shape index (κ2) is 8.72. The van der Waals surface area contributed by atoms with Gasteiger partial charge < -0.3 is 10.6 Å². The van der Waals surface area contributed by atoms with Crippen molar-refractivity contribution in [3.8, 4) is 0 Å². The number of carbonyl (C=O) groups is 1. The standard InChI is InChI=1S/C12H26N2O/c1-4-7-11(13)10-12(15)14(8-5-2)9-6-3/h11H,4-10,13H2,1-3H3. The molecule has 90 valence electrons. The Morgan fingerprint density at radius 2 is 1.67 bits per heavy atom. The molecule has 0 fully saturated rings. The van der Waals surface area contributed by atoms with E-state index < -0.39 is 0 Å². The predicted octanol–water partition coefficient (Wildman–Crippen LogP) is 2.15. The van der Waals surface area contributed by atoms with E-state index in [-0.39, 0.29) is 11.9 Å². The van der Waals surface area contributed by atoms with Crippen LogP contribution < -0.4 is 5.73 Å². The van der Waals surface area contributed by atoms with Gasteiger partial charge >= 0.3 is 0 Å². The van der Waals surface area contributed by atoms with Crippen molar-refractivity contribution in [2.45, 2.75) is 58.9 Å². The predicted molar refractivity (Wildman–Crippen MR) is 64.7 cm³/mol. The van der Waals surface area contributed by atoms with Gasteiger partial charge in [-0.25, -0.2) is 0 Å². The molecule has 1 atom stereocenters. The lowest BCUT2D eigenvalue weighted by Gasteiger charge is -2.23. The van der Waals surface area contributed by atoms with Gasteiger partial charge in [-0.1, -0.05) is 27.2 Å². The lowest BCUT2D eigenvalue weighted by atomic mass is 10.1. The molecule has 0 radical (unpaired) electrons. The number of nitrogens with two attached hydrogens (primary N) is 1. The minimum atomic E-state index is 0.0405. The molecule has 0 aliphatic heterocycles. The van der Waals surface area contributed by atoms with E-state index >= 15 is 0 Å². The molecule has 15 heavy (non-hydrogen) atoms. The zero-order valence-electron chi connectivity index (χ0n) is 10.5. The number of amides is 1. The van der Waals surface area contributed by atoms with Crippen LogP contribution in [-0.4, -0.2) is 29.9 Å². The molecule has 0 aromatic rings. The maximum atomic E-state index is 11.9. The summed E-state index contributed by atoms with van der Waals surface area (Å²) in [5, 5.41) is 0. The van der Waals surface area contributed by atoms with Gasteiger partial charge in [-0.2, -0.15) is 0 Å². The molecule has 0 aliphatic carbocycles. The summed E-state index contributed by atoms with van der Waals surface area (Å²) in [6.45, 7) is 8.03. The van der Waals surface area contributed by atoms with E-state index in [9.17, 15) is 4.79 Å². The largest absolute Gasteiger partial charge is 0.343 e. The molecule has 2 N–H and O–H groups in total. The van der Waals surface area contributed by atoms with E-state index in [0.29, 0.717) is 6.42 Å². The van der Waals surface area contributed by atoms with Crippen molar-refractivity contribution in [3.05, 3.63) is 0 Å². The Morgan fingerprint density at radius 1 is 1.13 bits per heavy atom.